The van der Waals surface area contributed by atoms with Gasteiger partial charge in [0.1, 0.15) is 11.6 Å². The molecule has 1 heterocycles. The van der Waals surface area contributed by atoms with Gasteiger partial charge >= 0.3 is 0 Å². The third kappa shape index (κ3) is 3.98. The van der Waals surface area contributed by atoms with Crippen molar-refractivity contribution in [1.29, 1.82) is 0 Å². The largest absolute Gasteiger partial charge is 0.497 e. The van der Waals surface area contributed by atoms with Gasteiger partial charge < -0.3 is 10.1 Å². The number of thiocarbonyl (C=S) groups is 1. The van der Waals surface area contributed by atoms with Crippen LogP contribution in [0.2, 0.25) is 0 Å². The second-order valence-corrected chi connectivity index (χ2v) is 5.45. The van der Waals surface area contributed by atoms with Crippen LogP contribution in [0.5, 0.6) is 5.75 Å². The molecule has 5 nitrogen and oxygen atoms in total. The molecule has 3 rings (SSSR count). The molecule has 0 atom stereocenters. The van der Waals surface area contributed by atoms with E-state index in [1.807, 2.05) is 42.5 Å². The van der Waals surface area contributed by atoms with E-state index in [1.54, 1.807) is 7.11 Å². The summed E-state index contributed by atoms with van der Waals surface area (Å²) in [4.78, 5) is 4.44. The predicted molar refractivity (Wildman–Crippen MR) is 98.2 cm³/mol. The Morgan fingerprint density at radius 2 is 1.91 bits per heavy atom. The quantitative estimate of drug-likeness (QED) is 0.848. The van der Waals surface area contributed by atoms with E-state index in [2.05, 4.69) is 32.9 Å². The molecule has 118 valence electrons. The first-order chi connectivity index (χ1) is 11.2. The van der Waals surface area contributed by atoms with Gasteiger partial charge in [-0.15, -0.1) is 0 Å². The molecule has 0 amide bonds. The number of hydrogen-bond donors (Lipinski definition) is 2. The third-order valence-electron chi connectivity index (χ3n) is 3.48. The van der Waals surface area contributed by atoms with E-state index in [0.29, 0.717) is 5.11 Å². The number of ether oxygens (including phenoxy) is 1. The fourth-order valence-electron chi connectivity index (χ4n) is 2.32. The molecule has 1 saturated heterocycles. The van der Waals surface area contributed by atoms with Gasteiger partial charge in [0.2, 0.25) is 0 Å². The van der Waals surface area contributed by atoms with Crippen LogP contribution in [0, 0.1) is 0 Å². The average molecular weight is 326 g/mol. The van der Waals surface area contributed by atoms with E-state index in [1.165, 1.54) is 0 Å². The van der Waals surface area contributed by atoms with Crippen LogP contribution in [0.25, 0.3) is 0 Å². The highest BCUT2D eigenvalue weighted by Gasteiger charge is 2.17. The molecule has 2 N–H and O–H groups in total. The second kappa shape index (κ2) is 7.11. The van der Waals surface area contributed by atoms with E-state index in [-0.39, 0.29) is 0 Å². The molecular weight excluding hydrogens is 308 g/mol. The Bertz CT molecular complexity index is 700. The van der Waals surface area contributed by atoms with Crippen molar-refractivity contribution >= 4 is 34.5 Å². The number of rotatable bonds is 3. The molecule has 0 unspecified atom stereocenters. The molecular formula is C17H18N4OS. The monoisotopic (exact) mass is 326 g/mol. The van der Waals surface area contributed by atoms with Crippen molar-refractivity contribution in [2.24, 2.45) is 4.99 Å². The Balaban J connectivity index is 1.59. The van der Waals surface area contributed by atoms with Crippen molar-refractivity contribution in [2.75, 3.05) is 24.0 Å². The minimum absolute atomic E-state index is 0.438. The zero-order chi connectivity index (χ0) is 16.1. The summed E-state index contributed by atoms with van der Waals surface area (Å²) in [5, 5.41) is 5.61. The fraction of sp³-hybridized carbons (Fsp3) is 0.176. The number of methoxy groups -OCH3 is 1. The zero-order valence-electron chi connectivity index (χ0n) is 12.8. The van der Waals surface area contributed by atoms with Crippen LogP contribution >= 0.6 is 12.2 Å². The van der Waals surface area contributed by atoms with Gasteiger partial charge in [0.05, 0.1) is 12.8 Å². The van der Waals surface area contributed by atoms with E-state index in [0.717, 1.165) is 35.9 Å². The van der Waals surface area contributed by atoms with Crippen molar-refractivity contribution < 1.29 is 4.74 Å². The van der Waals surface area contributed by atoms with E-state index in [4.69, 9.17) is 17.0 Å². The van der Waals surface area contributed by atoms with Crippen molar-refractivity contribution in [2.45, 2.75) is 6.42 Å². The maximum Gasteiger partial charge on any atom is 0.198 e. The molecule has 0 aliphatic carbocycles. The van der Waals surface area contributed by atoms with Gasteiger partial charge in [-0.1, -0.05) is 18.2 Å². The van der Waals surface area contributed by atoms with Crippen molar-refractivity contribution in [1.82, 2.24) is 5.43 Å². The molecule has 0 spiro atoms. The first-order valence-electron chi connectivity index (χ1n) is 7.36. The minimum atomic E-state index is 0.438. The average Bonchev–Trinajstić information content (AvgIpc) is 3.04. The number of hydrazine groups is 1. The maximum absolute atomic E-state index is 5.30. The lowest BCUT2D eigenvalue weighted by Crippen LogP contribution is -2.33. The summed E-state index contributed by atoms with van der Waals surface area (Å²) in [5.41, 5.74) is 5.28. The molecule has 23 heavy (non-hydrogen) atoms. The standard InChI is InChI=1S/C17H18N4OS/c1-22-15-9-7-13(8-10-15)18-17(23)19-16-11-12-21(20-16)14-5-3-2-4-6-14/h2-10H,11-12H2,1H3,(H2,18,19,20,23). The van der Waals surface area contributed by atoms with Crippen LogP contribution in [0.1, 0.15) is 6.42 Å². The number of hydrogen-bond acceptors (Lipinski definition) is 3. The summed E-state index contributed by atoms with van der Waals surface area (Å²) < 4.78 is 5.13. The molecule has 1 aliphatic rings. The summed E-state index contributed by atoms with van der Waals surface area (Å²) in [5.74, 6) is 1.67. The first-order valence-corrected chi connectivity index (χ1v) is 7.77. The first kappa shape index (κ1) is 15.3. The van der Waals surface area contributed by atoms with Gasteiger partial charge in [0, 0.05) is 18.7 Å². The van der Waals surface area contributed by atoms with Crippen molar-refractivity contribution in [3.8, 4) is 5.75 Å². The summed E-state index contributed by atoms with van der Waals surface area (Å²) in [6.07, 6.45) is 0.833. The van der Waals surface area contributed by atoms with E-state index < -0.39 is 0 Å². The number of nitrogens with one attached hydrogen (secondary N) is 2. The summed E-state index contributed by atoms with van der Waals surface area (Å²) in [6.45, 7) is 0.869. The van der Waals surface area contributed by atoms with Crippen LogP contribution in [0.3, 0.4) is 0 Å². The van der Waals surface area contributed by atoms with Crippen molar-refractivity contribution in [3.63, 3.8) is 0 Å². The summed E-state index contributed by atoms with van der Waals surface area (Å²) >= 11 is 5.30. The second-order valence-electron chi connectivity index (χ2n) is 5.07. The number of benzene rings is 2. The third-order valence-corrected chi connectivity index (χ3v) is 3.68. The zero-order valence-corrected chi connectivity index (χ0v) is 13.6. The molecule has 0 radical (unpaired) electrons. The topological polar surface area (TPSA) is 48.9 Å². The highest BCUT2D eigenvalue weighted by molar-refractivity contribution is 7.80. The lowest BCUT2D eigenvalue weighted by Gasteiger charge is -2.17. The highest BCUT2D eigenvalue weighted by Crippen LogP contribution is 2.17. The minimum Gasteiger partial charge on any atom is -0.497 e. The molecule has 2 aromatic carbocycles. The Morgan fingerprint density at radius 3 is 2.61 bits per heavy atom. The number of para-hydroxylation sites is 1. The molecule has 1 fully saturated rings. The van der Waals surface area contributed by atoms with Crippen LogP contribution in [-0.2, 0) is 0 Å². The maximum atomic E-state index is 5.30. The van der Waals surface area contributed by atoms with Crippen LogP contribution in [0.15, 0.2) is 59.6 Å². The number of amidine groups is 1. The number of aliphatic imine (C=N–C) groups is 1. The van der Waals surface area contributed by atoms with Gasteiger partial charge in [0.15, 0.2) is 5.11 Å². The Labute approximate surface area is 141 Å². The van der Waals surface area contributed by atoms with Gasteiger partial charge in [-0.3, -0.25) is 10.4 Å². The van der Waals surface area contributed by atoms with Gasteiger partial charge in [-0.25, -0.2) is 4.99 Å². The number of nitrogens with zero attached hydrogens (tertiary/aromatic N) is 2. The Kier molecular flexibility index (Phi) is 4.73. The SMILES string of the molecule is COc1ccc(NC(=S)/N=C2/CCN(c3ccccc3)N2)cc1. The lowest BCUT2D eigenvalue weighted by atomic mass is 10.3. The molecule has 6 heteroatoms. The molecule has 1 aliphatic heterocycles. The normalized spacial score (nSPS) is 15.3. The molecule has 0 saturated carbocycles. The fourth-order valence-corrected chi connectivity index (χ4v) is 2.54. The summed E-state index contributed by atoms with van der Waals surface area (Å²) in [7, 11) is 1.64. The van der Waals surface area contributed by atoms with Gasteiger partial charge in [-0.2, -0.15) is 0 Å². The van der Waals surface area contributed by atoms with Crippen LogP contribution in [0.4, 0.5) is 11.4 Å². The van der Waals surface area contributed by atoms with Crippen LogP contribution in [-0.4, -0.2) is 24.6 Å². The van der Waals surface area contributed by atoms with Crippen LogP contribution < -0.4 is 20.5 Å². The smallest absolute Gasteiger partial charge is 0.198 e. The molecule has 0 bridgehead atoms. The molecule has 2 aromatic rings. The summed E-state index contributed by atoms with van der Waals surface area (Å²) in [6, 6.07) is 17.7. The molecule has 0 aromatic heterocycles. The van der Waals surface area contributed by atoms with Gasteiger partial charge in [-0.05, 0) is 48.6 Å². The van der Waals surface area contributed by atoms with Crippen molar-refractivity contribution in [3.05, 3.63) is 54.6 Å². The van der Waals surface area contributed by atoms with Gasteiger partial charge in [0.25, 0.3) is 0 Å². The Morgan fingerprint density at radius 1 is 1.17 bits per heavy atom. The van der Waals surface area contributed by atoms with E-state index >= 15 is 0 Å². The van der Waals surface area contributed by atoms with E-state index in [9.17, 15) is 0 Å². The predicted octanol–water partition coefficient (Wildman–Crippen LogP) is 3.21. The lowest BCUT2D eigenvalue weighted by molar-refractivity contribution is 0.415. The Hall–Kier alpha value is -2.60. The highest BCUT2D eigenvalue weighted by atomic mass is 32.1. The number of anilines is 2.